The van der Waals surface area contributed by atoms with Crippen LogP contribution in [-0.2, 0) is 9.59 Å². The van der Waals surface area contributed by atoms with Gasteiger partial charge in [-0.15, -0.1) is 11.8 Å². The zero-order valence-corrected chi connectivity index (χ0v) is 14.6. The van der Waals surface area contributed by atoms with Crippen molar-refractivity contribution in [3.63, 3.8) is 0 Å². The fraction of sp³-hybridized carbons (Fsp3) is 0.529. The van der Waals surface area contributed by atoms with Gasteiger partial charge in [-0.3, -0.25) is 9.59 Å². The molecule has 0 saturated heterocycles. The summed E-state index contributed by atoms with van der Waals surface area (Å²) < 4.78 is 0. The normalized spacial score (nSPS) is 17.3. The van der Waals surface area contributed by atoms with Crippen molar-refractivity contribution in [3.8, 4) is 0 Å². The number of fused-ring (bicyclic) bond motifs is 1. The lowest BCUT2D eigenvalue weighted by Gasteiger charge is -2.18. The van der Waals surface area contributed by atoms with E-state index in [4.69, 9.17) is 0 Å². The number of amides is 2. The molecule has 5 nitrogen and oxygen atoms in total. The number of carbonyl (C=O) groups excluding carboxylic acids is 2. The van der Waals surface area contributed by atoms with Crippen LogP contribution in [0, 0.1) is 5.92 Å². The van der Waals surface area contributed by atoms with E-state index in [1.807, 2.05) is 24.3 Å². The molecule has 23 heavy (non-hydrogen) atoms. The van der Waals surface area contributed by atoms with Crippen LogP contribution >= 0.6 is 11.8 Å². The molecule has 1 aliphatic rings. The van der Waals surface area contributed by atoms with Crippen molar-refractivity contribution in [3.05, 3.63) is 24.3 Å². The van der Waals surface area contributed by atoms with Gasteiger partial charge >= 0.3 is 0 Å². The van der Waals surface area contributed by atoms with Crippen LogP contribution in [0.15, 0.2) is 29.2 Å². The van der Waals surface area contributed by atoms with Gasteiger partial charge in [-0.05, 0) is 25.2 Å². The lowest BCUT2D eigenvalue weighted by molar-refractivity contribution is -0.126. The molecular formula is C17H25N3O2S. The number of thioether (sulfide) groups is 1. The van der Waals surface area contributed by atoms with Gasteiger partial charge in [0.05, 0.1) is 11.6 Å². The topological polar surface area (TPSA) is 61.4 Å². The molecule has 0 spiro atoms. The Bertz CT molecular complexity index is 546. The van der Waals surface area contributed by atoms with Gasteiger partial charge in [0.15, 0.2) is 0 Å². The van der Waals surface area contributed by atoms with Crippen LogP contribution in [0.25, 0.3) is 0 Å². The summed E-state index contributed by atoms with van der Waals surface area (Å²) in [5, 5.41) is 5.84. The van der Waals surface area contributed by atoms with Crippen LogP contribution in [0.5, 0.6) is 0 Å². The van der Waals surface area contributed by atoms with Gasteiger partial charge in [0, 0.05) is 30.2 Å². The Labute approximate surface area is 142 Å². The number of benzene rings is 1. The van der Waals surface area contributed by atoms with E-state index >= 15 is 0 Å². The van der Waals surface area contributed by atoms with Crippen LogP contribution in [0.2, 0.25) is 0 Å². The average Bonchev–Trinajstić information content (AvgIpc) is 2.71. The summed E-state index contributed by atoms with van der Waals surface area (Å²) >= 11 is 1.63. The molecule has 1 heterocycles. The highest BCUT2D eigenvalue weighted by Gasteiger charge is 2.26. The second kappa shape index (κ2) is 8.93. The quantitative estimate of drug-likeness (QED) is 0.802. The third-order valence-electron chi connectivity index (χ3n) is 4.03. The zero-order chi connectivity index (χ0) is 16.7. The van der Waals surface area contributed by atoms with Gasteiger partial charge in [0.25, 0.3) is 0 Å². The molecule has 0 aromatic heterocycles. The Morgan fingerprint density at radius 3 is 2.83 bits per heavy atom. The standard InChI is InChI=1S/C17H25N3O2S/c1-3-20(4-2)10-9-18-16(21)11-13-12-23-15-8-6-5-7-14(15)19-17(13)22/h5-8,13H,3-4,9-12H2,1-2H3,(H,18,21)(H,19,22). The van der Waals surface area contributed by atoms with Crippen LogP contribution in [0.4, 0.5) is 5.69 Å². The highest BCUT2D eigenvalue weighted by molar-refractivity contribution is 7.99. The van der Waals surface area contributed by atoms with Crippen molar-refractivity contribution in [2.24, 2.45) is 5.92 Å². The summed E-state index contributed by atoms with van der Waals surface area (Å²) in [6.07, 6.45) is 0.241. The van der Waals surface area contributed by atoms with E-state index in [-0.39, 0.29) is 24.2 Å². The molecule has 0 saturated carbocycles. The third kappa shape index (κ3) is 5.25. The van der Waals surface area contributed by atoms with Gasteiger partial charge < -0.3 is 15.5 Å². The van der Waals surface area contributed by atoms with Gasteiger partial charge in [0.1, 0.15) is 0 Å². The van der Waals surface area contributed by atoms with E-state index in [0.717, 1.165) is 30.2 Å². The number of nitrogens with zero attached hydrogens (tertiary/aromatic N) is 1. The van der Waals surface area contributed by atoms with E-state index in [9.17, 15) is 9.59 Å². The number of anilines is 1. The molecule has 6 heteroatoms. The Hall–Kier alpha value is -1.53. The first kappa shape index (κ1) is 17.8. The average molecular weight is 335 g/mol. The smallest absolute Gasteiger partial charge is 0.228 e. The predicted molar refractivity (Wildman–Crippen MR) is 94.7 cm³/mol. The molecule has 1 aromatic rings. The predicted octanol–water partition coefficient (Wildman–Crippen LogP) is 2.20. The van der Waals surface area contributed by atoms with Crippen LogP contribution in [-0.4, -0.2) is 48.6 Å². The minimum absolute atomic E-state index is 0.0520. The van der Waals surface area contributed by atoms with Gasteiger partial charge in [-0.1, -0.05) is 26.0 Å². The highest BCUT2D eigenvalue weighted by atomic mass is 32.2. The summed E-state index contributed by atoms with van der Waals surface area (Å²) in [7, 11) is 0. The molecule has 2 N–H and O–H groups in total. The number of rotatable bonds is 7. The maximum atomic E-state index is 12.3. The molecule has 2 rings (SSSR count). The largest absolute Gasteiger partial charge is 0.355 e. The highest BCUT2D eigenvalue weighted by Crippen LogP contribution is 2.32. The summed E-state index contributed by atoms with van der Waals surface area (Å²) in [4.78, 5) is 27.7. The second-order valence-electron chi connectivity index (χ2n) is 5.57. The van der Waals surface area contributed by atoms with E-state index in [0.29, 0.717) is 12.3 Å². The third-order valence-corrected chi connectivity index (χ3v) is 5.27. The summed E-state index contributed by atoms with van der Waals surface area (Å²) in [5.41, 5.74) is 0.840. The molecule has 0 aliphatic carbocycles. The van der Waals surface area contributed by atoms with Crippen LogP contribution < -0.4 is 10.6 Å². The Morgan fingerprint density at radius 2 is 2.09 bits per heavy atom. The van der Waals surface area contributed by atoms with Crippen molar-refractivity contribution in [2.75, 3.05) is 37.2 Å². The minimum atomic E-state index is -0.291. The number of hydrogen-bond donors (Lipinski definition) is 2. The molecular weight excluding hydrogens is 310 g/mol. The zero-order valence-electron chi connectivity index (χ0n) is 13.8. The molecule has 0 radical (unpaired) electrons. The molecule has 1 aliphatic heterocycles. The summed E-state index contributed by atoms with van der Waals surface area (Å²) in [5.74, 6) is 0.220. The van der Waals surface area contributed by atoms with E-state index < -0.39 is 0 Å². The first-order valence-corrected chi connectivity index (χ1v) is 9.14. The second-order valence-corrected chi connectivity index (χ2v) is 6.64. The van der Waals surface area contributed by atoms with E-state index in [1.54, 1.807) is 11.8 Å². The monoisotopic (exact) mass is 335 g/mol. The van der Waals surface area contributed by atoms with E-state index in [1.165, 1.54) is 0 Å². The summed E-state index contributed by atoms with van der Waals surface area (Å²) in [6.45, 7) is 7.64. The maximum Gasteiger partial charge on any atom is 0.228 e. The number of likely N-dealkylation sites (N-methyl/N-ethyl adjacent to an activating group) is 1. The fourth-order valence-electron chi connectivity index (χ4n) is 2.54. The first-order chi connectivity index (χ1) is 11.1. The van der Waals surface area contributed by atoms with Gasteiger partial charge in [-0.2, -0.15) is 0 Å². The lowest BCUT2D eigenvalue weighted by atomic mass is 10.1. The SMILES string of the molecule is CCN(CC)CCNC(=O)CC1CSc2ccccc2NC1=O. The number of hydrogen-bond acceptors (Lipinski definition) is 4. The van der Waals surface area contributed by atoms with Crippen molar-refractivity contribution in [2.45, 2.75) is 25.2 Å². The molecule has 1 unspecified atom stereocenters. The number of carbonyl (C=O) groups is 2. The van der Waals surface area contributed by atoms with E-state index in [2.05, 4.69) is 29.4 Å². The minimum Gasteiger partial charge on any atom is -0.355 e. The van der Waals surface area contributed by atoms with Gasteiger partial charge in [0.2, 0.25) is 11.8 Å². The fourth-order valence-corrected chi connectivity index (χ4v) is 3.64. The maximum absolute atomic E-state index is 12.3. The van der Waals surface area contributed by atoms with Crippen molar-refractivity contribution in [1.29, 1.82) is 0 Å². The number of nitrogens with one attached hydrogen (secondary N) is 2. The first-order valence-electron chi connectivity index (χ1n) is 8.15. The van der Waals surface area contributed by atoms with Crippen molar-refractivity contribution >= 4 is 29.3 Å². The molecule has 0 bridgehead atoms. The molecule has 126 valence electrons. The molecule has 1 atom stereocenters. The lowest BCUT2D eigenvalue weighted by Crippen LogP contribution is -2.37. The Morgan fingerprint density at radius 1 is 1.35 bits per heavy atom. The van der Waals surface area contributed by atoms with Crippen molar-refractivity contribution in [1.82, 2.24) is 10.2 Å². The van der Waals surface area contributed by atoms with Crippen molar-refractivity contribution < 1.29 is 9.59 Å². The molecule has 2 amide bonds. The van der Waals surface area contributed by atoms with Crippen LogP contribution in [0.3, 0.4) is 0 Å². The summed E-state index contributed by atoms with van der Waals surface area (Å²) in [6, 6.07) is 7.75. The Balaban J connectivity index is 1.81. The van der Waals surface area contributed by atoms with Crippen LogP contribution in [0.1, 0.15) is 20.3 Å². The molecule has 0 fully saturated rings. The molecule has 1 aromatic carbocycles. The number of para-hydroxylation sites is 1. The van der Waals surface area contributed by atoms with Gasteiger partial charge in [-0.25, -0.2) is 0 Å². The Kier molecular flexibility index (Phi) is 6.92.